The van der Waals surface area contributed by atoms with Crippen LogP contribution in [0, 0.1) is 0 Å². The lowest BCUT2D eigenvalue weighted by Crippen LogP contribution is -2.16. The summed E-state index contributed by atoms with van der Waals surface area (Å²) in [6.45, 7) is 0. The lowest BCUT2D eigenvalue weighted by atomic mass is 10.0. The number of allylic oxidation sites excluding steroid dienone is 2. The van der Waals surface area contributed by atoms with E-state index in [-0.39, 0.29) is 6.42 Å². The third-order valence-electron chi connectivity index (χ3n) is 1.60. The van der Waals surface area contributed by atoms with Crippen molar-refractivity contribution < 1.29 is 27.7 Å². The minimum atomic E-state index is -4.45. The lowest BCUT2D eigenvalue weighted by molar-refractivity contribution is -0.134. The van der Waals surface area contributed by atoms with Gasteiger partial charge < -0.3 is 5.11 Å². The maximum atomic E-state index is 10.9. The van der Waals surface area contributed by atoms with E-state index in [9.17, 15) is 18.0 Å². The molecular formula is C7H6O6S. The molecule has 6 nitrogen and oxygen atoms in total. The summed E-state index contributed by atoms with van der Waals surface area (Å²) < 4.78 is 29.8. The van der Waals surface area contributed by atoms with Crippen LogP contribution in [0.2, 0.25) is 0 Å². The van der Waals surface area contributed by atoms with Gasteiger partial charge in [-0.2, -0.15) is 8.42 Å². The van der Waals surface area contributed by atoms with Crippen LogP contribution in [0.4, 0.5) is 0 Å². The molecule has 0 bridgehead atoms. The molecule has 0 aromatic carbocycles. The summed E-state index contributed by atoms with van der Waals surface area (Å²) in [5, 5.41) is 8.50. The third-order valence-corrected chi connectivity index (χ3v) is 2.48. The molecule has 0 aromatic heterocycles. The van der Waals surface area contributed by atoms with Crippen LogP contribution in [-0.2, 0) is 19.7 Å². The fraction of sp³-hybridized carbons (Fsp3) is 0.143. The maximum Gasteiger partial charge on any atom is 0.339 e. The van der Waals surface area contributed by atoms with Crippen LogP contribution in [0.1, 0.15) is 6.42 Å². The van der Waals surface area contributed by atoms with E-state index < -0.39 is 32.3 Å². The van der Waals surface area contributed by atoms with E-state index in [4.69, 9.17) is 9.66 Å². The van der Waals surface area contributed by atoms with Crippen molar-refractivity contribution in [3.8, 4) is 0 Å². The van der Waals surface area contributed by atoms with Crippen molar-refractivity contribution in [1.29, 1.82) is 0 Å². The summed E-state index contributed by atoms with van der Waals surface area (Å²) in [6.07, 6.45) is 1.26. The van der Waals surface area contributed by atoms with E-state index in [2.05, 4.69) is 0 Å². The van der Waals surface area contributed by atoms with E-state index in [1.54, 1.807) is 0 Å². The fourth-order valence-electron chi connectivity index (χ4n) is 0.946. The second kappa shape index (κ2) is 3.35. The van der Waals surface area contributed by atoms with Gasteiger partial charge in [0.2, 0.25) is 0 Å². The molecule has 7 heteroatoms. The first-order valence-electron chi connectivity index (χ1n) is 3.48. The molecule has 0 spiro atoms. The second-order valence-corrected chi connectivity index (χ2v) is 3.99. The fourth-order valence-corrected chi connectivity index (χ4v) is 1.51. The molecule has 1 aliphatic rings. The average molecular weight is 218 g/mol. The number of Topliss-reactive ketones (excluding diaryl/α,β-unsaturated/α-hetero) is 1. The van der Waals surface area contributed by atoms with Crippen LogP contribution in [0.3, 0.4) is 0 Å². The zero-order valence-corrected chi connectivity index (χ0v) is 7.61. The van der Waals surface area contributed by atoms with Gasteiger partial charge in [-0.15, -0.1) is 0 Å². The van der Waals surface area contributed by atoms with Crippen molar-refractivity contribution in [1.82, 2.24) is 0 Å². The highest BCUT2D eigenvalue weighted by atomic mass is 32.2. The number of hydrogen-bond acceptors (Lipinski definition) is 4. The minimum Gasteiger partial charge on any atom is -0.478 e. The van der Waals surface area contributed by atoms with E-state index in [0.29, 0.717) is 6.08 Å². The summed E-state index contributed by atoms with van der Waals surface area (Å²) in [5.74, 6) is -2.20. The van der Waals surface area contributed by atoms with Gasteiger partial charge >= 0.3 is 5.97 Å². The highest BCUT2D eigenvalue weighted by Crippen LogP contribution is 2.18. The first-order valence-corrected chi connectivity index (χ1v) is 4.92. The quantitative estimate of drug-likeness (QED) is 0.488. The average Bonchev–Trinajstić information content (AvgIpc) is 2.02. The Hall–Kier alpha value is -1.47. The maximum absolute atomic E-state index is 10.9. The Morgan fingerprint density at radius 1 is 1.43 bits per heavy atom. The molecule has 0 amide bonds. The van der Waals surface area contributed by atoms with Crippen molar-refractivity contribution in [3.05, 3.63) is 22.6 Å². The van der Waals surface area contributed by atoms with Gasteiger partial charge in [0.05, 0.1) is 4.91 Å². The molecule has 1 aliphatic carbocycles. The van der Waals surface area contributed by atoms with Crippen molar-refractivity contribution in [3.63, 3.8) is 0 Å². The number of aliphatic carboxylic acids is 1. The first kappa shape index (κ1) is 10.6. The van der Waals surface area contributed by atoms with Crippen molar-refractivity contribution in [2.75, 3.05) is 0 Å². The smallest absolute Gasteiger partial charge is 0.339 e. The van der Waals surface area contributed by atoms with Crippen LogP contribution in [0.5, 0.6) is 0 Å². The third kappa shape index (κ3) is 2.06. The Bertz CT molecular complexity index is 453. The Balaban J connectivity index is 3.20. The number of carboxylic acid groups (broad SMARTS) is 1. The van der Waals surface area contributed by atoms with Gasteiger partial charge in [0.1, 0.15) is 5.57 Å². The zero-order chi connectivity index (χ0) is 10.9. The minimum absolute atomic E-state index is 0.340. The van der Waals surface area contributed by atoms with Crippen molar-refractivity contribution in [2.45, 2.75) is 6.42 Å². The molecule has 0 unspecified atom stereocenters. The SMILES string of the molecule is O=C(O)C1=CC(S(=O)(=O)O)=CCC1=O. The highest BCUT2D eigenvalue weighted by molar-refractivity contribution is 7.90. The van der Waals surface area contributed by atoms with Gasteiger partial charge in [0.15, 0.2) is 5.78 Å². The highest BCUT2D eigenvalue weighted by Gasteiger charge is 2.24. The summed E-state index contributed by atoms with van der Waals surface area (Å²) in [5.41, 5.74) is -0.639. The predicted molar refractivity (Wildman–Crippen MR) is 45.0 cm³/mol. The molecule has 2 N–H and O–H groups in total. The van der Waals surface area contributed by atoms with Crippen LogP contribution >= 0.6 is 0 Å². The molecule has 0 saturated heterocycles. The van der Waals surface area contributed by atoms with E-state index >= 15 is 0 Å². The first-order chi connectivity index (χ1) is 6.32. The monoisotopic (exact) mass is 218 g/mol. The molecule has 0 heterocycles. The number of rotatable bonds is 2. The number of ketones is 1. The largest absolute Gasteiger partial charge is 0.478 e. The zero-order valence-electron chi connectivity index (χ0n) is 6.80. The number of carbonyl (C=O) groups excluding carboxylic acids is 1. The summed E-state index contributed by atoms with van der Waals surface area (Å²) in [7, 11) is -4.45. The molecular weight excluding hydrogens is 212 g/mol. The molecule has 0 aromatic rings. The molecule has 0 saturated carbocycles. The second-order valence-electron chi connectivity index (χ2n) is 2.57. The standard InChI is InChI=1S/C7H6O6S/c8-6-2-1-4(14(11,12)13)3-5(6)7(9)10/h1,3H,2H2,(H,9,10)(H,11,12,13). The molecule has 0 aliphatic heterocycles. The van der Waals surface area contributed by atoms with Crippen LogP contribution < -0.4 is 0 Å². The van der Waals surface area contributed by atoms with E-state index in [0.717, 1.165) is 6.08 Å². The summed E-state index contributed by atoms with van der Waals surface area (Å²) in [6, 6.07) is 0. The topological polar surface area (TPSA) is 109 Å². The Morgan fingerprint density at radius 2 is 2.00 bits per heavy atom. The van der Waals surface area contributed by atoms with E-state index in [1.165, 1.54) is 0 Å². The number of carboxylic acids is 1. The van der Waals surface area contributed by atoms with Gasteiger partial charge in [0, 0.05) is 6.42 Å². The van der Waals surface area contributed by atoms with Gasteiger partial charge in [-0.25, -0.2) is 4.79 Å². The molecule has 1 rings (SSSR count). The van der Waals surface area contributed by atoms with Gasteiger partial charge in [-0.3, -0.25) is 9.35 Å². The predicted octanol–water partition coefficient (Wildman–Crippen LogP) is -0.258. The van der Waals surface area contributed by atoms with Crippen molar-refractivity contribution >= 4 is 21.9 Å². The van der Waals surface area contributed by atoms with E-state index in [1.807, 2.05) is 0 Å². The summed E-state index contributed by atoms with van der Waals surface area (Å²) >= 11 is 0. The normalized spacial score (nSPS) is 17.4. The van der Waals surface area contributed by atoms with Crippen molar-refractivity contribution in [2.24, 2.45) is 0 Å². The number of hydrogen-bond donors (Lipinski definition) is 2. The van der Waals surface area contributed by atoms with Crippen LogP contribution in [0.15, 0.2) is 22.6 Å². The number of carbonyl (C=O) groups is 2. The van der Waals surface area contributed by atoms with Gasteiger partial charge in [-0.1, -0.05) is 6.08 Å². The Morgan fingerprint density at radius 3 is 2.43 bits per heavy atom. The van der Waals surface area contributed by atoms with Crippen LogP contribution in [-0.4, -0.2) is 29.8 Å². The summed E-state index contributed by atoms with van der Waals surface area (Å²) in [4.78, 5) is 20.8. The molecule has 76 valence electrons. The Kier molecular flexibility index (Phi) is 2.54. The molecule has 0 fully saturated rings. The van der Waals surface area contributed by atoms with Gasteiger partial charge in [-0.05, 0) is 6.08 Å². The lowest BCUT2D eigenvalue weighted by Gasteiger charge is -2.06. The molecule has 14 heavy (non-hydrogen) atoms. The van der Waals surface area contributed by atoms with Gasteiger partial charge in [0.25, 0.3) is 10.1 Å². The Labute approximate surface area is 79.3 Å². The van der Waals surface area contributed by atoms with Crippen LogP contribution in [0.25, 0.3) is 0 Å². The molecule has 0 atom stereocenters. The molecule has 0 radical (unpaired) electrons.